The Morgan fingerprint density at radius 3 is 2.70 bits per heavy atom. The van der Waals surface area contributed by atoms with Crippen molar-refractivity contribution in [1.82, 2.24) is 14.8 Å². The summed E-state index contributed by atoms with van der Waals surface area (Å²) in [4.78, 5) is 4.58. The molecule has 0 saturated carbocycles. The van der Waals surface area contributed by atoms with E-state index in [1.807, 2.05) is 0 Å². The van der Waals surface area contributed by atoms with E-state index >= 15 is 0 Å². The van der Waals surface area contributed by atoms with Crippen LogP contribution < -0.4 is 5.73 Å². The highest BCUT2D eigenvalue weighted by Gasteiger charge is 2.39. The van der Waals surface area contributed by atoms with Gasteiger partial charge in [-0.25, -0.2) is 4.98 Å². The van der Waals surface area contributed by atoms with Crippen molar-refractivity contribution < 1.29 is 13.2 Å². The molecule has 9 heteroatoms. The highest BCUT2D eigenvalue weighted by atomic mass is 19.4. The van der Waals surface area contributed by atoms with Gasteiger partial charge in [-0.15, -0.1) is 0 Å². The third-order valence-electron chi connectivity index (χ3n) is 5.50. The van der Waals surface area contributed by atoms with Gasteiger partial charge in [0.05, 0.1) is 28.8 Å². The third-order valence-corrected chi connectivity index (χ3v) is 5.50. The van der Waals surface area contributed by atoms with Crippen LogP contribution in [0.3, 0.4) is 0 Å². The van der Waals surface area contributed by atoms with Gasteiger partial charge in [0.25, 0.3) is 0 Å². The average Bonchev–Trinajstić information content (AvgIpc) is 3.08. The molecule has 3 aromatic rings. The number of nitrogens with zero attached hydrogens (tertiary/aromatic N) is 4. The number of nitrogens with two attached hydrogens (primary N) is 1. The molecule has 0 amide bonds. The van der Waals surface area contributed by atoms with Crippen molar-refractivity contribution >= 4 is 22.3 Å². The Bertz CT molecular complexity index is 1230. The van der Waals surface area contributed by atoms with Gasteiger partial charge in [-0.05, 0) is 49.4 Å². The molecule has 154 valence electrons. The Kier molecular flexibility index (Phi) is 4.53. The maximum Gasteiger partial charge on any atom is 0.435 e. The second-order valence-corrected chi connectivity index (χ2v) is 7.60. The largest absolute Gasteiger partial charge is 0.435 e. The van der Waals surface area contributed by atoms with Gasteiger partial charge in [-0.3, -0.25) is 4.68 Å². The van der Waals surface area contributed by atoms with Crippen LogP contribution in [0.5, 0.6) is 0 Å². The summed E-state index contributed by atoms with van der Waals surface area (Å²) in [6.45, 7) is 1.62. The number of nitriles is 1. The van der Waals surface area contributed by atoms with Crippen molar-refractivity contribution in [2.45, 2.75) is 32.4 Å². The average molecular weight is 412 g/mol. The van der Waals surface area contributed by atoms with E-state index in [0.29, 0.717) is 47.0 Å². The monoisotopic (exact) mass is 412 g/mol. The molecule has 0 bridgehead atoms. The lowest BCUT2D eigenvalue weighted by Gasteiger charge is -2.25. The fourth-order valence-corrected chi connectivity index (χ4v) is 4.26. The lowest BCUT2D eigenvalue weighted by Crippen LogP contribution is -2.17. The number of pyridine rings is 1. The molecule has 0 radical (unpaired) electrons. The quantitative estimate of drug-likeness (QED) is 0.485. The first-order chi connectivity index (χ1) is 14.1. The molecule has 0 saturated heterocycles. The van der Waals surface area contributed by atoms with Gasteiger partial charge in [-0.2, -0.15) is 23.5 Å². The molecule has 1 atom stereocenters. The summed E-state index contributed by atoms with van der Waals surface area (Å²) in [5, 5.41) is 21.9. The lowest BCUT2D eigenvalue weighted by molar-refractivity contribution is -0.141. The molecule has 0 spiro atoms. The molecular formula is C21H19F3N6. The summed E-state index contributed by atoms with van der Waals surface area (Å²) < 4.78 is 42.1. The van der Waals surface area contributed by atoms with Gasteiger partial charge >= 0.3 is 6.18 Å². The summed E-state index contributed by atoms with van der Waals surface area (Å²) in [6.07, 6.45) is -1.94. The molecule has 1 aliphatic rings. The summed E-state index contributed by atoms with van der Waals surface area (Å²) >= 11 is 0. The third kappa shape index (κ3) is 3.09. The van der Waals surface area contributed by atoms with Crippen LogP contribution in [0.1, 0.15) is 35.7 Å². The van der Waals surface area contributed by atoms with Gasteiger partial charge in [0, 0.05) is 35.6 Å². The molecule has 6 nitrogen and oxygen atoms in total. The second kappa shape index (κ2) is 6.83. The van der Waals surface area contributed by atoms with Crippen molar-refractivity contribution in [1.29, 1.82) is 10.7 Å². The molecule has 1 unspecified atom stereocenters. The molecule has 0 aliphatic heterocycles. The number of hydrogen-bond donors (Lipinski definition) is 2. The van der Waals surface area contributed by atoms with Crippen molar-refractivity contribution in [2.75, 3.05) is 5.73 Å². The first-order valence-corrected chi connectivity index (χ1v) is 9.42. The van der Waals surface area contributed by atoms with Crippen molar-refractivity contribution in [3.05, 3.63) is 40.7 Å². The van der Waals surface area contributed by atoms with Crippen LogP contribution in [-0.4, -0.2) is 20.5 Å². The van der Waals surface area contributed by atoms with E-state index in [1.54, 1.807) is 19.1 Å². The zero-order valence-corrected chi connectivity index (χ0v) is 16.4. The van der Waals surface area contributed by atoms with Gasteiger partial charge in [0.2, 0.25) is 0 Å². The number of halogens is 3. The number of aromatic nitrogens is 3. The topological polar surface area (TPSA) is 104 Å². The minimum Gasteiger partial charge on any atom is -0.398 e. The molecule has 3 N–H and O–H groups in total. The van der Waals surface area contributed by atoms with Crippen molar-refractivity contribution in [3.63, 3.8) is 0 Å². The summed E-state index contributed by atoms with van der Waals surface area (Å²) in [5.74, 6) is -0.313. The number of anilines is 1. The van der Waals surface area contributed by atoms with Crippen LogP contribution in [0, 0.1) is 22.7 Å². The fourth-order valence-electron chi connectivity index (χ4n) is 4.26. The van der Waals surface area contributed by atoms with E-state index in [0.717, 1.165) is 10.2 Å². The van der Waals surface area contributed by atoms with Crippen LogP contribution in [0.2, 0.25) is 0 Å². The van der Waals surface area contributed by atoms with Crippen LogP contribution in [0.15, 0.2) is 18.3 Å². The van der Waals surface area contributed by atoms with E-state index < -0.39 is 11.9 Å². The number of benzene rings is 1. The highest BCUT2D eigenvalue weighted by molar-refractivity contribution is 6.13. The first kappa shape index (κ1) is 19.9. The van der Waals surface area contributed by atoms with Gasteiger partial charge in [0.1, 0.15) is 0 Å². The van der Waals surface area contributed by atoms with Crippen LogP contribution >= 0.6 is 0 Å². The van der Waals surface area contributed by atoms with E-state index in [2.05, 4.69) is 16.2 Å². The fraction of sp³-hybridized carbons (Fsp3) is 0.333. The Hall–Kier alpha value is -3.41. The summed E-state index contributed by atoms with van der Waals surface area (Å²) in [6, 6.07) is 5.52. The second-order valence-electron chi connectivity index (χ2n) is 7.60. The highest BCUT2D eigenvalue weighted by Crippen LogP contribution is 2.42. The molecular weight excluding hydrogens is 393 g/mol. The van der Waals surface area contributed by atoms with E-state index in [4.69, 9.17) is 11.1 Å². The van der Waals surface area contributed by atoms with Crippen LogP contribution in [0.25, 0.3) is 22.2 Å². The zero-order chi connectivity index (χ0) is 21.8. The number of alkyl halides is 3. The molecule has 2 heterocycles. The van der Waals surface area contributed by atoms with Crippen LogP contribution in [0.4, 0.5) is 18.9 Å². The predicted molar refractivity (Wildman–Crippen MR) is 107 cm³/mol. The molecule has 1 aromatic carbocycles. The van der Waals surface area contributed by atoms with Crippen molar-refractivity contribution in [2.24, 2.45) is 13.0 Å². The smallest absolute Gasteiger partial charge is 0.398 e. The van der Waals surface area contributed by atoms with E-state index in [-0.39, 0.29) is 22.9 Å². The van der Waals surface area contributed by atoms with E-state index in [1.165, 1.54) is 13.2 Å². The van der Waals surface area contributed by atoms with Gasteiger partial charge in [0.15, 0.2) is 5.69 Å². The van der Waals surface area contributed by atoms with Crippen LogP contribution in [-0.2, 0) is 26.1 Å². The Balaban J connectivity index is 2.12. The molecule has 30 heavy (non-hydrogen) atoms. The van der Waals surface area contributed by atoms with E-state index in [9.17, 15) is 18.4 Å². The zero-order valence-electron chi connectivity index (χ0n) is 16.4. The maximum atomic E-state index is 13.7. The Morgan fingerprint density at radius 1 is 1.33 bits per heavy atom. The molecule has 1 aliphatic carbocycles. The van der Waals surface area contributed by atoms with Gasteiger partial charge < -0.3 is 11.1 Å². The lowest BCUT2D eigenvalue weighted by atomic mass is 9.80. The Labute approximate surface area is 170 Å². The number of hydrogen-bond acceptors (Lipinski definition) is 5. The number of nitrogen functional groups attached to an aromatic ring is 1. The molecule has 0 fully saturated rings. The molecule has 2 aromatic heterocycles. The SMILES string of the molecule is CC(=N)c1c(N)ccc2nc(-c3cn(C)nc3C(F)(F)F)c3c(c12)CCC(C#N)C3. The number of nitrogens with one attached hydrogen (secondary N) is 1. The number of fused-ring (bicyclic) bond motifs is 3. The summed E-state index contributed by atoms with van der Waals surface area (Å²) in [7, 11) is 1.43. The Morgan fingerprint density at radius 2 is 2.07 bits per heavy atom. The molecule has 4 rings (SSSR count). The predicted octanol–water partition coefficient (Wildman–Crippen LogP) is 4.25. The van der Waals surface area contributed by atoms with Gasteiger partial charge in [-0.1, -0.05) is 0 Å². The number of aryl methyl sites for hydroxylation is 2. The number of rotatable bonds is 2. The summed E-state index contributed by atoms with van der Waals surface area (Å²) in [5.41, 5.74) is 8.33. The first-order valence-electron chi connectivity index (χ1n) is 9.42. The van der Waals surface area contributed by atoms with Crippen molar-refractivity contribution in [3.8, 4) is 17.3 Å². The maximum absolute atomic E-state index is 13.7. The standard InChI is InChI=1S/C21H19F3N6/c1-10(26)17-15(27)5-6-16-18(17)12-4-3-11(8-25)7-13(12)19(28-16)14-9-30(2)29-20(14)21(22,23)24/h5-6,9,11,26H,3-4,7,27H2,1-2H3. The minimum atomic E-state index is -4.64. The normalized spacial score (nSPS) is 16.3. The minimum absolute atomic E-state index is 0.105.